The molecule has 0 bridgehead atoms. The molecule has 0 atom stereocenters. The summed E-state index contributed by atoms with van der Waals surface area (Å²) in [6, 6.07) is 1.61. The lowest BCUT2D eigenvalue weighted by Crippen LogP contribution is -2.26. The lowest BCUT2D eigenvalue weighted by molar-refractivity contribution is 0.0954. The van der Waals surface area contributed by atoms with Crippen LogP contribution < -0.4 is 10.6 Å². The molecule has 2 rings (SSSR count). The minimum atomic E-state index is -0.193. The van der Waals surface area contributed by atoms with Gasteiger partial charge in [-0.3, -0.25) is 4.79 Å². The average Bonchev–Trinajstić information content (AvgIpc) is 2.94. The maximum atomic E-state index is 11.9. The third-order valence-electron chi connectivity index (χ3n) is 2.68. The minimum Gasteiger partial charge on any atom is -0.369 e. The molecule has 0 saturated heterocycles. The van der Waals surface area contributed by atoms with E-state index in [0.717, 1.165) is 12.2 Å². The van der Waals surface area contributed by atoms with E-state index < -0.39 is 0 Å². The number of nitrogens with zero attached hydrogens (tertiary/aromatic N) is 2. The highest BCUT2D eigenvalue weighted by molar-refractivity contribution is 6.33. The Kier molecular flexibility index (Phi) is 4.95. The summed E-state index contributed by atoms with van der Waals surface area (Å²) in [7, 11) is 0. The predicted octanol–water partition coefficient (Wildman–Crippen LogP) is 1.86. The lowest BCUT2D eigenvalue weighted by atomic mass is 10.2. The van der Waals surface area contributed by atoms with Gasteiger partial charge in [-0.1, -0.05) is 11.6 Å². The highest BCUT2D eigenvalue weighted by atomic mass is 35.5. The standard InChI is InChI=1S/C13H16ClN5O/c1-2-16-12-11(14)5-9(6-18-12)13(20)17-4-3-10-7-15-8-19-10/h5-8H,2-4H2,1H3,(H,15,19)(H,16,18)(H,17,20). The fourth-order valence-electron chi connectivity index (χ4n) is 1.69. The van der Waals surface area contributed by atoms with Crippen LogP contribution in [0.3, 0.4) is 0 Å². The molecule has 2 heterocycles. The van der Waals surface area contributed by atoms with E-state index in [-0.39, 0.29) is 5.91 Å². The molecule has 2 aromatic rings. The van der Waals surface area contributed by atoms with Crippen LogP contribution in [0.2, 0.25) is 5.02 Å². The number of anilines is 1. The fraction of sp³-hybridized carbons (Fsp3) is 0.308. The lowest BCUT2D eigenvalue weighted by Gasteiger charge is -2.07. The topological polar surface area (TPSA) is 82.7 Å². The summed E-state index contributed by atoms with van der Waals surface area (Å²) in [5.41, 5.74) is 1.42. The Labute approximate surface area is 122 Å². The minimum absolute atomic E-state index is 0.193. The van der Waals surface area contributed by atoms with Crippen molar-refractivity contribution in [1.82, 2.24) is 20.3 Å². The van der Waals surface area contributed by atoms with Crippen molar-refractivity contribution in [2.75, 3.05) is 18.4 Å². The molecule has 0 aromatic carbocycles. The van der Waals surface area contributed by atoms with Crippen LogP contribution in [-0.2, 0) is 6.42 Å². The summed E-state index contributed by atoms with van der Waals surface area (Å²) in [6.07, 6.45) is 5.55. The number of hydrogen-bond acceptors (Lipinski definition) is 4. The van der Waals surface area contributed by atoms with Crippen molar-refractivity contribution in [2.24, 2.45) is 0 Å². The Balaban J connectivity index is 1.90. The van der Waals surface area contributed by atoms with Crippen molar-refractivity contribution in [3.8, 4) is 0 Å². The molecule has 0 unspecified atom stereocenters. The van der Waals surface area contributed by atoms with Gasteiger partial charge in [0.15, 0.2) is 0 Å². The number of rotatable bonds is 6. The molecule has 0 radical (unpaired) electrons. The fourth-order valence-corrected chi connectivity index (χ4v) is 1.93. The monoisotopic (exact) mass is 293 g/mol. The first kappa shape index (κ1) is 14.3. The largest absolute Gasteiger partial charge is 0.369 e. The van der Waals surface area contributed by atoms with Crippen LogP contribution in [0, 0.1) is 0 Å². The highest BCUT2D eigenvalue weighted by Gasteiger charge is 2.09. The number of halogens is 1. The van der Waals surface area contributed by atoms with Gasteiger partial charge in [0.1, 0.15) is 5.82 Å². The van der Waals surface area contributed by atoms with Crippen molar-refractivity contribution >= 4 is 23.3 Å². The number of imidazole rings is 1. The summed E-state index contributed by atoms with van der Waals surface area (Å²) in [5, 5.41) is 6.27. The molecule has 0 saturated carbocycles. The van der Waals surface area contributed by atoms with E-state index in [1.54, 1.807) is 18.6 Å². The molecular formula is C13H16ClN5O. The zero-order chi connectivity index (χ0) is 14.4. The smallest absolute Gasteiger partial charge is 0.252 e. The number of pyridine rings is 1. The Morgan fingerprint density at radius 3 is 2.95 bits per heavy atom. The van der Waals surface area contributed by atoms with E-state index in [9.17, 15) is 4.79 Å². The Bertz CT molecular complexity index is 570. The molecule has 0 aliphatic rings. The first-order valence-corrected chi connectivity index (χ1v) is 6.73. The van der Waals surface area contributed by atoms with E-state index in [0.29, 0.717) is 29.4 Å². The van der Waals surface area contributed by atoms with Gasteiger partial charge in [-0.25, -0.2) is 9.97 Å². The molecular weight excluding hydrogens is 278 g/mol. The SMILES string of the molecule is CCNc1ncc(C(=O)NCCc2cnc[nH]2)cc1Cl. The predicted molar refractivity (Wildman–Crippen MR) is 78.0 cm³/mol. The van der Waals surface area contributed by atoms with Crippen LogP contribution in [0.4, 0.5) is 5.82 Å². The molecule has 20 heavy (non-hydrogen) atoms. The molecule has 0 fully saturated rings. The van der Waals surface area contributed by atoms with Crippen molar-refractivity contribution in [2.45, 2.75) is 13.3 Å². The van der Waals surface area contributed by atoms with Gasteiger partial charge in [-0.05, 0) is 13.0 Å². The van der Waals surface area contributed by atoms with E-state index in [1.165, 1.54) is 6.20 Å². The second-order valence-electron chi connectivity index (χ2n) is 4.17. The summed E-state index contributed by atoms with van der Waals surface area (Å²) >= 11 is 6.05. The number of carbonyl (C=O) groups is 1. The van der Waals surface area contributed by atoms with Gasteiger partial charge >= 0.3 is 0 Å². The van der Waals surface area contributed by atoms with Crippen molar-refractivity contribution in [1.29, 1.82) is 0 Å². The van der Waals surface area contributed by atoms with E-state index in [1.807, 2.05) is 6.92 Å². The van der Waals surface area contributed by atoms with Gasteiger partial charge in [0.2, 0.25) is 0 Å². The van der Waals surface area contributed by atoms with Crippen molar-refractivity contribution < 1.29 is 4.79 Å². The summed E-state index contributed by atoms with van der Waals surface area (Å²) in [4.78, 5) is 23.0. The molecule has 0 aliphatic heterocycles. The van der Waals surface area contributed by atoms with Crippen LogP contribution >= 0.6 is 11.6 Å². The molecule has 6 nitrogen and oxygen atoms in total. The number of amides is 1. The maximum absolute atomic E-state index is 11.9. The third kappa shape index (κ3) is 3.71. The Hall–Kier alpha value is -2.08. The number of aromatic nitrogens is 3. The number of hydrogen-bond donors (Lipinski definition) is 3. The second kappa shape index (κ2) is 6.91. The molecule has 3 N–H and O–H groups in total. The normalized spacial score (nSPS) is 10.3. The Morgan fingerprint density at radius 1 is 1.45 bits per heavy atom. The van der Waals surface area contributed by atoms with Gasteiger partial charge in [0, 0.05) is 37.6 Å². The number of nitrogens with one attached hydrogen (secondary N) is 3. The first-order chi connectivity index (χ1) is 9.70. The summed E-state index contributed by atoms with van der Waals surface area (Å²) < 4.78 is 0. The maximum Gasteiger partial charge on any atom is 0.252 e. The number of carbonyl (C=O) groups excluding carboxylic acids is 1. The molecule has 106 valence electrons. The quantitative estimate of drug-likeness (QED) is 0.759. The summed E-state index contributed by atoms with van der Waals surface area (Å²) in [6.45, 7) is 3.20. The molecule has 7 heteroatoms. The van der Waals surface area contributed by atoms with Crippen molar-refractivity contribution in [3.63, 3.8) is 0 Å². The third-order valence-corrected chi connectivity index (χ3v) is 2.97. The second-order valence-corrected chi connectivity index (χ2v) is 4.57. The number of aromatic amines is 1. The van der Waals surface area contributed by atoms with Gasteiger partial charge in [0.05, 0.1) is 16.9 Å². The van der Waals surface area contributed by atoms with Crippen molar-refractivity contribution in [3.05, 3.63) is 41.1 Å². The van der Waals surface area contributed by atoms with Crippen LogP contribution in [0.1, 0.15) is 23.0 Å². The van der Waals surface area contributed by atoms with Crippen LogP contribution in [-0.4, -0.2) is 33.9 Å². The Morgan fingerprint density at radius 2 is 2.30 bits per heavy atom. The molecule has 0 spiro atoms. The van der Waals surface area contributed by atoms with E-state index in [4.69, 9.17) is 11.6 Å². The van der Waals surface area contributed by atoms with E-state index >= 15 is 0 Å². The van der Waals surface area contributed by atoms with Gasteiger partial charge in [-0.2, -0.15) is 0 Å². The highest BCUT2D eigenvalue weighted by Crippen LogP contribution is 2.19. The summed E-state index contributed by atoms with van der Waals surface area (Å²) in [5.74, 6) is 0.394. The molecule has 1 amide bonds. The van der Waals surface area contributed by atoms with Crippen LogP contribution in [0.15, 0.2) is 24.8 Å². The van der Waals surface area contributed by atoms with Gasteiger partial charge in [0.25, 0.3) is 5.91 Å². The van der Waals surface area contributed by atoms with E-state index in [2.05, 4.69) is 25.6 Å². The molecule has 2 aromatic heterocycles. The zero-order valence-corrected chi connectivity index (χ0v) is 11.9. The van der Waals surface area contributed by atoms with Crippen LogP contribution in [0.25, 0.3) is 0 Å². The van der Waals surface area contributed by atoms with Gasteiger partial charge < -0.3 is 15.6 Å². The first-order valence-electron chi connectivity index (χ1n) is 6.35. The molecule has 0 aliphatic carbocycles. The number of H-pyrrole nitrogens is 1. The zero-order valence-electron chi connectivity index (χ0n) is 11.1. The van der Waals surface area contributed by atoms with Gasteiger partial charge in [-0.15, -0.1) is 0 Å². The van der Waals surface area contributed by atoms with Crippen LogP contribution in [0.5, 0.6) is 0 Å². The average molecular weight is 294 g/mol.